The normalized spacial score (nSPS) is 20.2. The van der Waals surface area contributed by atoms with E-state index in [1.807, 2.05) is 4.90 Å². The number of piperidine rings is 1. The Morgan fingerprint density at radius 1 is 1.18 bits per heavy atom. The van der Waals surface area contributed by atoms with E-state index in [1.54, 1.807) is 25.3 Å². The third-order valence-electron chi connectivity index (χ3n) is 6.71. The van der Waals surface area contributed by atoms with Crippen LogP contribution in [0.5, 0.6) is 0 Å². The fourth-order valence-electron chi connectivity index (χ4n) is 4.65. The van der Waals surface area contributed by atoms with Gasteiger partial charge < -0.3 is 15.5 Å². The molecule has 2 unspecified atom stereocenters. The SMILES string of the molecule is C=C(Nc1cnc(-c2ccc(F)cc2)s1)c1cccc(C2CC2NC2CCN(C(C)=O)CC2)c1. The second-order valence-corrected chi connectivity index (χ2v) is 10.2. The van der Waals surface area contributed by atoms with E-state index in [9.17, 15) is 9.18 Å². The molecule has 1 aliphatic carbocycles. The summed E-state index contributed by atoms with van der Waals surface area (Å²) in [6.45, 7) is 7.60. The van der Waals surface area contributed by atoms with Crippen LogP contribution in [0.1, 0.15) is 43.2 Å². The van der Waals surface area contributed by atoms with E-state index in [-0.39, 0.29) is 11.7 Å². The van der Waals surface area contributed by atoms with E-state index < -0.39 is 0 Å². The van der Waals surface area contributed by atoms with Gasteiger partial charge in [0, 0.05) is 49.3 Å². The minimum atomic E-state index is -0.251. The van der Waals surface area contributed by atoms with Crippen LogP contribution < -0.4 is 10.6 Å². The van der Waals surface area contributed by atoms with Gasteiger partial charge in [-0.2, -0.15) is 0 Å². The Labute approximate surface area is 203 Å². The number of hydrogen-bond acceptors (Lipinski definition) is 5. The van der Waals surface area contributed by atoms with Crippen LogP contribution in [0.15, 0.2) is 61.3 Å². The molecule has 5 rings (SSSR count). The Balaban J connectivity index is 1.17. The average Bonchev–Trinajstić information content (AvgIpc) is 3.46. The largest absolute Gasteiger partial charge is 0.346 e. The molecular weight excluding hydrogens is 447 g/mol. The number of rotatable bonds is 7. The van der Waals surface area contributed by atoms with Gasteiger partial charge in [-0.3, -0.25) is 4.79 Å². The third-order valence-corrected chi connectivity index (χ3v) is 7.68. The molecule has 0 radical (unpaired) electrons. The van der Waals surface area contributed by atoms with E-state index in [1.165, 1.54) is 29.0 Å². The Kier molecular flexibility index (Phi) is 6.48. The highest BCUT2D eigenvalue weighted by molar-refractivity contribution is 7.19. The molecule has 1 aliphatic heterocycles. The molecule has 2 heterocycles. The highest BCUT2D eigenvalue weighted by Gasteiger charge is 2.40. The summed E-state index contributed by atoms with van der Waals surface area (Å²) in [5.41, 5.74) is 4.12. The minimum absolute atomic E-state index is 0.179. The van der Waals surface area contributed by atoms with E-state index in [0.717, 1.165) is 59.2 Å². The first kappa shape index (κ1) is 22.7. The number of nitrogens with zero attached hydrogens (tertiary/aromatic N) is 2. The highest BCUT2D eigenvalue weighted by Crippen LogP contribution is 2.42. The van der Waals surface area contributed by atoms with Crippen molar-refractivity contribution < 1.29 is 9.18 Å². The van der Waals surface area contributed by atoms with E-state index in [0.29, 0.717) is 18.0 Å². The summed E-state index contributed by atoms with van der Waals surface area (Å²) in [4.78, 5) is 17.9. The molecule has 5 nitrogen and oxygen atoms in total. The van der Waals surface area contributed by atoms with Crippen molar-refractivity contribution in [2.75, 3.05) is 18.4 Å². The summed E-state index contributed by atoms with van der Waals surface area (Å²) >= 11 is 1.52. The number of carbonyl (C=O) groups excluding carboxylic acids is 1. The summed E-state index contributed by atoms with van der Waals surface area (Å²) in [7, 11) is 0. The maximum absolute atomic E-state index is 13.2. The molecule has 2 atom stereocenters. The van der Waals surface area contributed by atoms with Gasteiger partial charge in [-0.05, 0) is 60.7 Å². The van der Waals surface area contributed by atoms with Crippen molar-refractivity contribution in [2.24, 2.45) is 0 Å². The first-order valence-electron chi connectivity index (χ1n) is 11.8. The Hall–Kier alpha value is -3.03. The van der Waals surface area contributed by atoms with Crippen LogP contribution >= 0.6 is 11.3 Å². The molecule has 2 N–H and O–H groups in total. The molecule has 2 fully saturated rings. The van der Waals surface area contributed by atoms with E-state index >= 15 is 0 Å². The van der Waals surface area contributed by atoms with Gasteiger partial charge in [0.2, 0.25) is 5.91 Å². The number of likely N-dealkylation sites (tertiary alicyclic amines) is 1. The molecule has 176 valence electrons. The lowest BCUT2D eigenvalue weighted by molar-refractivity contribution is -0.129. The molecule has 1 saturated heterocycles. The van der Waals surface area contributed by atoms with Crippen molar-refractivity contribution in [3.8, 4) is 10.6 Å². The van der Waals surface area contributed by atoms with E-state index in [4.69, 9.17) is 0 Å². The number of aromatic nitrogens is 1. The smallest absolute Gasteiger partial charge is 0.219 e. The topological polar surface area (TPSA) is 57.3 Å². The predicted molar refractivity (Wildman–Crippen MR) is 136 cm³/mol. The van der Waals surface area contributed by atoms with Crippen LogP contribution in [0.2, 0.25) is 0 Å². The molecule has 0 bridgehead atoms. The van der Waals surface area contributed by atoms with Gasteiger partial charge in [0.25, 0.3) is 0 Å². The number of amides is 1. The predicted octanol–water partition coefficient (Wildman–Crippen LogP) is 5.49. The molecule has 1 amide bonds. The fraction of sp³-hybridized carbons (Fsp3) is 0.333. The van der Waals surface area contributed by atoms with Crippen LogP contribution in [-0.2, 0) is 4.79 Å². The van der Waals surface area contributed by atoms with Gasteiger partial charge >= 0.3 is 0 Å². The molecule has 1 aromatic heterocycles. The fourth-order valence-corrected chi connectivity index (χ4v) is 5.49. The molecule has 3 aromatic rings. The Morgan fingerprint density at radius 2 is 1.94 bits per heavy atom. The molecule has 2 aromatic carbocycles. The van der Waals surface area contributed by atoms with Crippen LogP contribution in [-0.4, -0.2) is 41.0 Å². The first-order valence-corrected chi connectivity index (χ1v) is 12.6. The van der Waals surface area contributed by atoms with Gasteiger partial charge in [0.15, 0.2) is 0 Å². The quantitative estimate of drug-likeness (QED) is 0.474. The maximum Gasteiger partial charge on any atom is 0.219 e. The average molecular weight is 477 g/mol. The number of carbonyl (C=O) groups is 1. The van der Waals surface area contributed by atoms with Crippen LogP contribution in [0.3, 0.4) is 0 Å². The number of nitrogens with one attached hydrogen (secondary N) is 2. The number of benzene rings is 2. The Bertz CT molecular complexity index is 1180. The molecular formula is C27H29FN4OS. The maximum atomic E-state index is 13.2. The second-order valence-electron chi connectivity index (χ2n) is 9.16. The summed E-state index contributed by atoms with van der Waals surface area (Å²) < 4.78 is 13.2. The standard InChI is InChI=1S/C27H29FN4OS/c1-17(30-26-16-29-27(34-26)19-6-8-22(28)9-7-19)20-4-3-5-21(14-20)24-15-25(24)31-23-10-12-32(13-11-23)18(2)33/h3-9,14,16,23-25,30-31H,1,10-13,15H2,2H3. The van der Waals surface area contributed by atoms with Gasteiger partial charge in [-0.15, -0.1) is 0 Å². The number of thiazole rings is 1. The lowest BCUT2D eigenvalue weighted by Crippen LogP contribution is -2.45. The van der Waals surface area contributed by atoms with Gasteiger partial charge in [0.05, 0.1) is 6.20 Å². The molecule has 1 saturated carbocycles. The summed E-state index contributed by atoms with van der Waals surface area (Å²) in [5, 5.41) is 8.92. The number of anilines is 1. The van der Waals surface area contributed by atoms with Gasteiger partial charge in [-0.1, -0.05) is 36.1 Å². The molecule has 34 heavy (non-hydrogen) atoms. The molecule has 7 heteroatoms. The van der Waals surface area contributed by atoms with E-state index in [2.05, 4.69) is 46.5 Å². The lowest BCUT2D eigenvalue weighted by atomic mass is 10.0. The van der Waals surface area contributed by atoms with Crippen molar-refractivity contribution in [1.82, 2.24) is 15.2 Å². The zero-order valence-electron chi connectivity index (χ0n) is 19.3. The Morgan fingerprint density at radius 3 is 2.68 bits per heavy atom. The second kappa shape index (κ2) is 9.68. The third kappa shape index (κ3) is 5.21. The minimum Gasteiger partial charge on any atom is -0.346 e. The first-order chi connectivity index (χ1) is 16.5. The van der Waals surface area contributed by atoms with Crippen molar-refractivity contribution in [2.45, 2.75) is 44.2 Å². The van der Waals surface area contributed by atoms with Crippen LogP contribution in [0, 0.1) is 5.82 Å². The van der Waals surface area contributed by atoms with Crippen molar-refractivity contribution in [3.63, 3.8) is 0 Å². The van der Waals surface area contributed by atoms with Crippen molar-refractivity contribution in [1.29, 1.82) is 0 Å². The summed E-state index contributed by atoms with van der Waals surface area (Å²) in [6.07, 6.45) is 4.99. The zero-order chi connectivity index (χ0) is 23.7. The zero-order valence-corrected chi connectivity index (χ0v) is 20.1. The van der Waals surface area contributed by atoms with Crippen LogP contribution in [0.4, 0.5) is 9.39 Å². The lowest BCUT2D eigenvalue weighted by Gasteiger charge is -2.32. The highest BCUT2D eigenvalue weighted by atomic mass is 32.1. The molecule has 2 aliphatic rings. The molecule has 0 spiro atoms. The van der Waals surface area contributed by atoms with Gasteiger partial charge in [-0.25, -0.2) is 9.37 Å². The van der Waals surface area contributed by atoms with Crippen molar-refractivity contribution in [3.05, 3.63) is 78.3 Å². The summed E-state index contributed by atoms with van der Waals surface area (Å²) in [5.74, 6) is 0.448. The van der Waals surface area contributed by atoms with Crippen molar-refractivity contribution >= 4 is 27.9 Å². The number of hydrogen-bond donors (Lipinski definition) is 2. The van der Waals surface area contributed by atoms with Gasteiger partial charge in [0.1, 0.15) is 15.8 Å². The summed E-state index contributed by atoms with van der Waals surface area (Å²) in [6, 6.07) is 16.0. The number of halogens is 1. The van der Waals surface area contributed by atoms with Crippen LogP contribution in [0.25, 0.3) is 16.3 Å². The monoisotopic (exact) mass is 476 g/mol.